The molecule has 2 heterocycles. The summed E-state index contributed by atoms with van der Waals surface area (Å²) in [6, 6.07) is 10.2. The molecule has 0 bridgehead atoms. The number of benzene rings is 1. The van der Waals surface area contributed by atoms with Crippen molar-refractivity contribution in [1.29, 1.82) is 0 Å². The Morgan fingerprint density at radius 1 is 1.32 bits per heavy atom. The largest absolute Gasteiger partial charge is 0.291 e. The van der Waals surface area contributed by atoms with Gasteiger partial charge in [0.05, 0.1) is 5.69 Å². The zero-order chi connectivity index (χ0) is 13.4. The van der Waals surface area contributed by atoms with E-state index in [2.05, 4.69) is 10.1 Å². The summed E-state index contributed by atoms with van der Waals surface area (Å²) in [6.45, 7) is 2.04. The molecule has 1 N–H and O–H groups in total. The number of nitrogens with zero attached hydrogens (tertiary/aromatic N) is 2. The number of rotatable bonds is 2. The highest BCUT2D eigenvalue weighted by Gasteiger charge is 2.06. The molecule has 0 saturated carbocycles. The Morgan fingerprint density at radius 3 is 2.89 bits per heavy atom. The summed E-state index contributed by atoms with van der Waals surface area (Å²) < 4.78 is 15.7. The molecule has 0 radical (unpaired) electrons. The Balaban J connectivity index is 2.22. The van der Waals surface area contributed by atoms with Crippen molar-refractivity contribution < 1.29 is 4.39 Å². The van der Waals surface area contributed by atoms with E-state index in [0.29, 0.717) is 4.64 Å². The predicted molar refractivity (Wildman–Crippen MR) is 75.1 cm³/mol. The van der Waals surface area contributed by atoms with Crippen LogP contribution in [0.4, 0.5) is 4.39 Å². The summed E-state index contributed by atoms with van der Waals surface area (Å²) >= 11 is 5.31. The molecule has 2 aromatic heterocycles. The third-order valence-electron chi connectivity index (χ3n) is 3.00. The molecule has 3 aromatic rings. The first-order chi connectivity index (χ1) is 9.17. The van der Waals surface area contributed by atoms with Crippen molar-refractivity contribution >= 4 is 17.9 Å². The number of hydrogen-bond acceptors (Lipinski definition) is 2. The van der Waals surface area contributed by atoms with Crippen LogP contribution in [0.15, 0.2) is 36.4 Å². The van der Waals surface area contributed by atoms with Gasteiger partial charge in [0.25, 0.3) is 0 Å². The van der Waals surface area contributed by atoms with Gasteiger partial charge in [0, 0.05) is 17.3 Å². The molecule has 0 spiro atoms. The van der Waals surface area contributed by atoms with E-state index in [4.69, 9.17) is 12.2 Å². The molecule has 5 heteroatoms. The quantitative estimate of drug-likeness (QED) is 0.721. The highest BCUT2D eigenvalue weighted by Crippen LogP contribution is 2.20. The minimum absolute atomic E-state index is 0.262. The van der Waals surface area contributed by atoms with E-state index in [0.717, 1.165) is 29.0 Å². The molecule has 1 aromatic carbocycles. The number of aromatic nitrogens is 3. The average molecular weight is 273 g/mol. The molecule has 3 rings (SSSR count). The fraction of sp³-hybridized carbons (Fsp3) is 0.143. The normalized spacial score (nSPS) is 11.1. The highest BCUT2D eigenvalue weighted by atomic mass is 32.1. The van der Waals surface area contributed by atoms with Crippen LogP contribution in [-0.2, 0) is 6.42 Å². The Kier molecular flexibility index (Phi) is 2.91. The smallest absolute Gasteiger partial charge is 0.155 e. The summed E-state index contributed by atoms with van der Waals surface area (Å²) in [5.41, 5.74) is 3.28. The number of halogens is 1. The number of nitrogens with one attached hydrogen (secondary N) is 1. The molecule has 3 nitrogen and oxygen atoms in total. The van der Waals surface area contributed by atoms with Crippen molar-refractivity contribution in [3.63, 3.8) is 0 Å². The molecule has 0 aliphatic carbocycles. The third-order valence-corrected chi connectivity index (χ3v) is 3.30. The van der Waals surface area contributed by atoms with Crippen molar-refractivity contribution in [3.8, 4) is 11.3 Å². The van der Waals surface area contributed by atoms with Crippen molar-refractivity contribution in [1.82, 2.24) is 14.6 Å². The molecule has 0 amide bonds. The van der Waals surface area contributed by atoms with Crippen LogP contribution >= 0.6 is 12.2 Å². The standard InChI is InChI=1S/C14H12FN3S/c1-2-11-7-14(19)18-13(16-11)8-12(17-18)9-4-3-5-10(15)6-9/h3-8,17H,2H2,1H3. The third kappa shape index (κ3) is 2.17. The van der Waals surface area contributed by atoms with E-state index < -0.39 is 0 Å². The Morgan fingerprint density at radius 2 is 2.16 bits per heavy atom. The van der Waals surface area contributed by atoms with Crippen LogP contribution < -0.4 is 0 Å². The summed E-state index contributed by atoms with van der Waals surface area (Å²) in [5, 5.41) is 3.14. The zero-order valence-corrected chi connectivity index (χ0v) is 11.2. The number of aromatic amines is 1. The average Bonchev–Trinajstić information content (AvgIpc) is 2.83. The SMILES string of the molecule is CCc1cc(=S)n2[nH]c(-c3cccc(F)c3)cc2n1. The van der Waals surface area contributed by atoms with Gasteiger partial charge in [-0.1, -0.05) is 31.3 Å². The van der Waals surface area contributed by atoms with Gasteiger partial charge in [0.1, 0.15) is 10.5 Å². The maximum atomic E-state index is 13.2. The second-order valence-corrected chi connectivity index (χ2v) is 4.73. The van der Waals surface area contributed by atoms with Gasteiger partial charge in [-0.15, -0.1) is 0 Å². The first-order valence-electron chi connectivity index (χ1n) is 6.05. The summed E-state index contributed by atoms with van der Waals surface area (Å²) in [7, 11) is 0. The molecular weight excluding hydrogens is 261 g/mol. The van der Waals surface area contributed by atoms with Gasteiger partial charge in [-0.05, 0) is 24.6 Å². The molecule has 0 saturated heterocycles. The van der Waals surface area contributed by atoms with Crippen LogP contribution in [0.5, 0.6) is 0 Å². The lowest BCUT2D eigenvalue weighted by Gasteiger charge is -1.98. The lowest BCUT2D eigenvalue weighted by Crippen LogP contribution is -1.95. The van der Waals surface area contributed by atoms with Crippen LogP contribution in [-0.4, -0.2) is 14.6 Å². The van der Waals surface area contributed by atoms with Crippen molar-refractivity contribution in [2.75, 3.05) is 0 Å². The summed E-state index contributed by atoms with van der Waals surface area (Å²) in [4.78, 5) is 4.49. The molecule has 0 aliphatic heterocycles. The zero-order valence-electron chi connectivity index (χ0n) is 10.4. The fourth-order valence-electron chi connectivity index (χ4n) is 2.03. The maximum absolute atomic E-state index is 13.2. The van der Waals surface area contributed by atoms with E-state index in [-0.39, 0.29) is 5.82 Å². The summed E-state index contributed by atoms with van der Waals surface area (Å²) in [6.07, 6.45) is 0.834. The number of fused-ring (bicyclic) bond motifs is 1. The predicted octanol–water partition coefficient (Wildman–Crippen LogP) is 3.76. The molecule has 96 valence electrons. The van der Waals surface area contributed by atoms with Gasteiger partial charge < -0.3 is 0 Å². The van der Waals surface area contributed by atoms with Crippen LogP contribution in [0.1, 0.15) is 12.6 Å². The van der Waals surface area contributed by atoms with E-state index in [1.54, 1.807) is 10.6 Å². The van der Waals surface area contributed by atoms with E-state index >= 15 is 0 Å². The second kappa shape index (κ2) is 4.59. The van der Waals surface area contributed by atoms with E-state index in [1.165, 1.54) is 12.1 Å². The number of H-pyrrole nitrogens is 1. The number of hydrogen-bond donors (Lipinski definition) is 1. The van der Waals surface area contributed by atoms with Crippen LogP contribution in [0.2, 0.25) is 0 Å². The molecule has 0 aliphatic rings. The van der Waals surface area contributed by atoms with Crippen molar-refractivity contribution in [2.24, 2.45) is 0 Å². The van der Waals surface area contributed by atoms with Crippen molar-refractivity contribution in [2.45, 2.75) is 13.3 Å². The van der Waals surface area contributed by atoms with Gasteiger partial charge >= 0.3 is 0 Å². The summed E-state index contributed by atoms with van der Waals surface area (Å²) in [5.74, 6) is -0.262. The lowest BCUT2D eigenvalue weighted by atomic mass is 10.1. The molecule has 0 fully saturated rings. The Bertz CT molecular complexity index is 804. The molecule has 19 heavy (non-hydrogen) atoms. The Hall–Kier alpha value is -2.01. The van der Waals surface area contributed by atoms with Gasteiger partial charge in [0.2, 0.25) is 0 Å². The van der Waals surface area contributed by atoms with Crippen molar-refractivity contribution in [3.05, 3.63) is 52.5 Å². The van der Waals surface area contributed by atoms with Crippen LogP contribution in [0.3, 0.4) is 0 Å². The van der Waals surface area contributed by atoms with Gasteiger partial charge in [-0.25, -0.2) is 13.9 Å². The monoisotopic (exact) mass is 273 g/mol. The van der Waals surface area contributed by atoms with Crippen LogP contribution in [0, 0.1) is 10.5 Å². The maximum Gasteiger partial charge on any atom is 0.155 e. The minimum Gasteiger partial charge on any atom is -0.291 e. The molecule has 0 atom stereocenters. The van der Waals surface area contributed by atoms with Gasteiger partial charge in [-0.2, -0.15) is 0 Å². The van der Waals surface area contributed by atoms with E-state index in [9.17, 15) is 4.39 Å². The van der Waals surface area contributed by atoms with E-state index in [1.807, 2.05) is 25.1 Å². The highest BCUT2D eigenvalue weighted by molar-refractivity contribution is 7.71. The van der Waals surface area contributed by atoms with Crippen LogP contribution in [0.25, 0.3) is 16.9 Å². The van der Waals surface area contributed by atoms with Gasteiger partial charge in [0.15, 0.2) is 5.65 Å². The topological polar surface area (TPSA) is 33.1 Å². The van der Waals surface area contributed by atoms with Gasteiger partial charge in [-0.3, -0.25) is 5.10 Å². The second-order valence-electron chi connectivity index (χ2n) is 4.31. The minimum atomic E-state index is -0.262. The lowest BCUT2D eigenvalue weighted by molar-refractivity contribution is 0.628. The first kappa shape index (κ1) is 12.0. The fourth-order valence-corrected chi connectivity index (χ4v) is 2.30. The Labute approximate surface area is 114 Å². The first-order valence-corrected chi connectivity index (χ1v) is 6.46. The molecular formula is C14H12FN3S. The number of aryl methyl sites for hydroxylation is 1. The molecule has 0 unspecified atom stereocenters.